The topological polar surface area (TPSA) is 112 Å². The largest absolute Gasteiger partial charge is 0.485 e. The normalized spacial score (nSPS) is 11.0. The van der Waals surface area contributed by atoms with E-state index in [4.69, 9.17) is 5.11 Å². The van der Waals surface area contributed by atoms with Crippen molar-refractivity contribution in [3.8, 4) is 0 Å². The minimum atomic E-state index is -4.10. The number of carboxylic acids is 1. The van der Waals surface area contributed by atoms with Gasteiger partial charge in [0.25, 0.3) is 11.2 Å². The predicted octanol–water partition coefficient (Wildman–Crippen LogP) is 1.79. The van der Waals surface area contributed by atoms with Crippen molar-refractivity contribution in [3.05, 3.63) is 60.2 Å². The maximum Gasteiger partial charge on any atom is 0.370 e. The Balaban J connectivity index is 2.61. The van der Waals surface area contributed by atoms with Gasteiger partial charge in [-0.3, -0.25) is 14.4 Å². The lowest BCUT2D eigenvalue weighted by Crippen LogP contribution is -2.69. The molecule has 0 aliphatic rings. The van der Waals surface area contributed by atoms with Crippen molar-refractivity contribution in [2.24, 2.45) is 0 Å². The van der Waals surface area contributed by atoms with Gasteiger partial charge in [0.2, 0.25) is 0 Å². The number of hydrogen-bond acceptors (Lipinski definition) is 3. The van der Waals surface area contributed by atoms with Gasteiger partial charge in [-0.15, -0.1) is 0 Å². The third-order valence-electron chi connectivity index (χ3n) is 3.84. The van der Waals surface area contributed by atoms with E-state index in [-0.39, 0.29) is 23.2 Å². The highest BCUT2D eigenvalue weighted by molar-refractivity contribution is 7.37. The van der Waals surface area contributed by atoms with Crippen LogP contribution in [0.1, 0.15) is 12.0 Å². The highest BCUT2D eigenvalue weighted by Gasteiger charge is 2.54. The molecular weight excluding hydrogens is 328 g/mol. The molecule has 2 aromatic carbocycles. The van der Waals surface area contributed by atoms with Crippen molar-refractivity contribution >= 4 is 35.6 Å². The summed E-state index contributed by atoms with van der Waals surface area (Å²) in [5, 5.41) is 28.9. The summed E-state index contributed by atoms with van der Waals surface area (Å²) in [4.78, 5) is 34.8. The molecule has 2 rings (SSSR count). The Hall–Kier alpha value is -2.93. The Morgan fingerprint density at radius 3 is 1.92 bits per heavy atom. The fraction of sp³-hybridized carbons (Fsp3) is 0.118. The molecule has 0 aromatic heterocycles. The Kier molecular flexibility index (Phi) is 5.15. The van der Waals surface area contributed by atoms with Gasteiger partial charge in [0.05, 0.1) is 0 Å². The van der Waals surface area contributed by atoms with Crippen LogP contribution in [0.25, 0.3) is 0 Å². The van der Waals surface area contributed by atoms with Gasteiger partial charge in [0.1, 0.15) is 0 Å². The molecule has 6 nitrogen and oxygen atoms in total. The van der Waals surface area contributed by atoms with Gasteiger partial charge < -0.3 is 15.3 Å². The van der Waals surface area contributed by atoms with Gasteiger partial charge >= 0.3 is 14.0 Å². The molecular formula is C17H16O6Si. The van der Waals surface area contributed by atoms with E-state index in [1.54, 1.807) is 30.3 Å². The summed E-state index contributed by atoms with van der Waals surface area (Å²) in [6.45, 7) is 0. The molecule has 7 heteroatoms. The van der Waals surface area contributed by atoms with Crippen LogP contribution in [-0.2, 0) is 11.2 Å². The second-order valence-corrected chi connectivity index (χ2v) is 8.83. The predicted molar refractivity (Wildman–Crippen MR) is 89.9 cm³/mol. The van der Waals surface area contributed by atoms with E-state index in [1.807, 2.05) is 0 Å². The molecule has 0 bridgehead atoms. The Labute approximate surface area is 139 Å². The third-order valence-corrected chi connectivity index (χ3v) is 7.50. The number of carbonyl (C=O) groups is 3. The van der Waals surface area contributed by atoms with Crippen LogP contribution in [0.3, 0.4) is 0 Å². The average Bonchev–Trinajstić information content (AvgIpc) is 2.54. The average molecular weight is 344 g/mol. The molecule has 124 valence electrons. The smallest absolute Gasteiger partial charge is 0.370 e. The fourth-order valence-electron chi connectivity index (χ4n) is 2.65. The monoisotopic (exact) mass is 344 g/mol. The quantitative estimate of drug-likeness (QED) is 0.660. The van der Waals surface area contributed by atoms with Crippen molar-refractivity contribution in [3.63, 3.8) is 0 Å². The molecule has 0 unspecified atom stereocenters. The number of hydrogen-bond donors (Lipinski definition) is 3. The van der Waals surface area contributed by atoms with Gasteiger partial charge in [-0.05, 0) is 22.4 Å². The summed E-state index contributed by atoms with van der Waals surface area (Å²) in [7, 11) is -4.10. The summed E-state index contributed by atoms with van der Waals surface area (Å²) in [6, 6.07) is 14.2. The van der Waals surface area contributed by atoms with Crippen LogP contribution >= 0.6 is 0 Å². The maximum absolute atomic E-state index is 12.0. The number of aliphatic carboxylic acids is 1. The molecule has 0 heterocycles. The third kappa shape index (κ3) is 3.20. The molecule has 0 saturated heterocycles. The van der Waals surface area contributed by atoms with E-state index in [0.717, 1.165) is 0 Å². The summed E-state index contributed by atoms with van der Waals surface area (Å²) >= 11 is 0. The highest BCUT2D eigenvalue weighted by Crippen LogP contribution is 2.12. The zero-order valence-corrected chi connectivity index (χ0v) is 13.7. The van der Waals surface area contributed by atoms with Crippen molar-refractivity contribution < 1.29 is 29.7 Å². The van der Waals surface area contributed by atoms with Crippen molar-refractivity contribution in [2.45, 2.75) is 12.8 Å². The van der Waals surface area contributed by atoms with E-state index in [9.17, 15) is 24.6 Å². The van der Waals surface area contributed by atoms with Crippen LogP contribution < -0.4 is 10.4 Å². The number of rotatable bonds is 7. The van der Waals surface area contributed by atoms with Crippen LogP contribution in [0.4, 0.5) is 9.59 Å². The number of aryl methyl sites for hydroxylation is 1. The Bertz CT molecular complexity index is 758. The molecule has 0 amide bonds. The van der Waals surface area contributed by atoms with Gasteiger partial charge in [-0.1, -0.05) is 54.6 Å². The fourth-order valence-corrected chi connectivity index (χ4v) is 5.60. The van der Waals surface area contributed by atoms with Crippen LogP contribution in [0.2, 0.25) is 0 Å². The zero-order valence-electron chi connectivity index (χ0n) is 12.7. The number of carboxylic acid groups (broad SMARTS) is 3. The van der Waals surface area contributed by atoms with Crippen LogP contribution in [-0.4, -0.2) is 40.5 Å². The molecule has 2 aromatic rings. The summed E-state index contributed by atoms with van der Waals surface area (Å²) in [5.74, 6) is -0.969. The van der Waals surface area contributed by atoms with Crippen LogP contribution in [0, 0.1) is 0 Å². The van der Waals surface area contributed by atoms with E-state index >= 15 is 0 Å². The van der Waals surface area contributed by atoms with Crippen molar-refractivity contribution in [2.75, 3.05) is 0 Å². The van der Waals surface area contributed by atoms with E-state index in [2.05, 4.69) is 0 Å². The molecule has 24 heavy (non-hydrogen) atoms. The number of benzene rings is 2. The lowest BCUT2D eigenvalue weighted by atomic mass is 10.1. The first kappa shape index (κ1) is 17.4. The molecule has 0 atom stereocenters. The minimum absolute atomic E-state index is 0.108. The molecule has 0 saturated carbocycles. The SMILES string of the molecule is O=C(O)CCc1cccc([Si](C(=O)O)(C(=O)O)c2ccccc2)c1. The van der Waals surface area contributed by atoms with E-state index < -0.39 is 25.2 Å². The summed E-state index contributed by atoms with van der Waals surface area (Å²) in [6.07, 6.45) is 0.102. The summed E-state index contributed by atoms with van der Waals surface area (Å²) in [5.41, 5.74) is -2.13. The lowest BCUT2D eigenvalue weighted by Gasteiger charge is -2.23. The molecule has 0 aliphatic carbocycles. The van der Waals surface area contributed by atoms with E-state index in [1.165, 1.54) is 24.3 Å². The first-order valence-corrected chi connectivity index (χ1v) is 9.22. The standard InChI is InChI=1S/C17H16O6Si/c18-15(19)10-9-12-5-4-8-14(11-12)24(16(20)21,17(22)23)13-6-2-1-3-7-13/h1-8,11H,9-10H2,(H,18,19)(H,20,21)(H,22,23). The minimum Gasteiger partial charge on any atom is -0.485 e. The van der Waals surface area contributed by atoms with E-state index in [0.29, 0.717) is 5.56 Å². The van der Waals surface area contributed by atoms with Crippen molar-refractivity contribution in [1.82, 2.24) is 0 Å². The van der Waals surface area contributed by atoms with Crippen LogP contribution in [0.15, 0.2) is 54.6 Å². The molecule has 0 radical (unpaired) electrons. The maximum atomic E-state index is 12.0. The van der Waals surface area contributed by atoms with Gasteiger partial charge in [-0.2, -0.15) is 0 Å². The Morgan fingerprint density at radius 1 is 0.792 bits per heavy atom. The first-order chi connectivity index (χ1) is 11.4. The summed E-state index contributed by atoms with van der Waals surface area (Å²) < 4.78 is 0. The first-order valence-electron chi connectivity index (χ1n) is 7.22. The second kappa shape index (κ2) is 7.09. The molecule has 3 N–H and O–H groups in total. The molecule has 0 fully saturated rings. The van der Waals surface area contributed by atoms with Gasteiger partial charge in [-0.25, -0.2) is 0 Å². The van der Waals surface area contributed by atoms with Crippen LogP contribution in [0.5, 0.6) is 0 Å². The molecule has 0 aliphatic heterocycles. The Morgan fingerprint density at radius 2 is 1.38 bits per heavy atom. The highest BCUT2D eigenvalue weighted by atomic mass is 28.3. The zero-order chi connectivity index (χ0) is 17.7. The lowest BCUT2D eigenvalue weighted by molar-refractivity contribution is -0.136. The molecule has 0 spiro atoms. The van der Waals surface area contributed by atoms with Gasteiger partial charge in [0, 0.05) is 6.42 Å². The second-order valence-electron chi connectivity index (χ2n) is 5.32. The van der Waals surface area contributed by atoms with Gasteiger partial charge in [0.15, 0.2) is 0 Å². The van der Waals surface area contributed by atoms with Crippen molar-refractivity contribution in [1.29, 1.82) is 0 Å².